The topological polar surface area (TPSA) is 151 Å². The summed E-state index contributed by atoms with van der Waals surface area (Å²) in [6.07, 6.45) is 17.6. The van der Waals surface area contributed by atoms with Gasteiger partial charge in [0.25, 0.3) is 0 Å². The molecular weight excluding hydrogens is 805 g/mol. The predicted octanol–water partition coefficient (Wildman–Crippen LogP) is 9.25. The molecule has 4 aromatic rings. The molecule has 4 saturated carbocycles. The first-order valence-electron chi connectivity index (χ1n) is 23.6. The molecule has 9 unspecified atom stereocenters. The molecule has 9 rings (SSSR count). The number of rotatable bonds is 13. The monoisotopic (exact) mass is 866 g/mol. The van der Waals surface area contributed by atoms with Crippen LogP contribution in [0.4, 0.5) is 0 Å². The minimum absolute atomic E-state index is 0.0237. The molecule has 11 heteroatoms. The summed E-state index contributed by atoms with van der Waals surface area (Å²) < 4.78 is 18.2. The molecule has 0 saturated heterocycles. The fourth-order valence-electron chi connectivity index (χ4n) is 12.8. The highest BCUT2D eigenvalue weighted by molar-refractivity contribution is 5.85. The van der Waals surface area contributed by atoms with Gasteiger partial charge in [0, 0.05) is 49.1 Å². The van der Waals surface area contributed by atoms with E-state index in [1.165, 1.54) is 0 Å². The van der Waals surface area contributed by atoms with Crippen molar-refractivity contribution in [3.05, 3.63) is 107 Å². The fourth-order valence-corrected chi connectivity index (χ4v) is 12.8. The van der Waals surface area contributed by atoms with Crippen LogP contribution in [0.15, 0.2) is 85.0 Å². The third kappa shape index (κ3) is 8.52. The number of aryl methyl sites for hydroxylation is 4. The van der Waals surface area contributed by atoms with Gasteiger partial charge in [-0.05, 0) is 196 Å². The minimum Gasteiger partial charge on any atom is -0.462 e. The molecule has 0 bridgehead atoms. The van der Waals surface area contributed by atoms with Crippen LogP contribution in [0.3, 0.4) is 0 Å². The van der Waals surface area contributed by atoms with Gasteiger partial charge in [0.05, 0.1) is 28.4 Å². The number of ether oxygens (including phenoxy) is 3. The number of cyclic esters (lactones) is 1. The standard InChI is InChI=1S/C53H62N4O7/c1-33-15-21-54-43(25-33)45-27-35(17-23-56-45)7-5-9-48(58)63-39-13-19-51(3)38(30-39)11-12-41-42(51)31-47(52(4)40(14-20-53(41,52)61)37-29-50(60)62-32-37)64-49(59)10-6-8-36-18-24-57-46(28-36)44-26-34(2)16-22-55-44/h15-18,21-29,38-42,47,61H,5-14,19-20,30-32H2,1-4H3. The van der Waals surface area contributed by atoms with Gasteiger partial charge in [0.15, 0.2) is 0 Å². The zero-order valence-electron chi connectivity index (χ0n) is 37.8. The van der Waals surface area contributed by atoms with Gasteiger partial charge in [-0.2, -0.15) is 0 Å². The summed E-state index contributed by atoms with van der Waals surface area (Å²) in [5, 5.41) is 13.2. The van der Waals surface area contributed by atoms with E-state index in [9.17, 15) is 19.5 Å². The first kappa shape index (κ1) is 43.9. The van der Waals surface area contributed by atoms with Gasteiger partial charge < -0.3 is 19.3 Å². The van der Waals surface area contributed by atoms with Gasteiger partial charge >= 0.3 is 17.9 Å². The second kappa shape index (κ2) is 17.9. The van der Waals surface area contributed by atoms with E-state index >= 15 is 0 Å². The summed E-state index contributed by atoms with van der Waals surface area (Å²) in [6.45, 7) is 8.77. The Morgan fingerprint density at radius 2 is 1.30 bits per heavy atom. The molecule has 336 valence electrons. The van der Waals surface area contributed by atoms with Crippen molar-refractivity contribution < 1.29 is 33.7 Å². The van der Waals surface area contributed by atoms with Crippen LogP contribution in [-0.2, 0) is 41.4 Å². The molecule has 5 aliphatic rings. The predicted molar refractivity (Wildman–Crippen MR) is 241 cm³/mol. The zero-order chi connectivity index (χ0) is 44.6. The Bertz CT molecular complexity index is 2440. The lowest BCUT2D eigenvalue weighted by Crippen LogP contribution is -2.67. The second-order valence-corrected chi connectivity index (χ2v) is 20.0. The Balaban J connectivity index is 0.851. The van der Waals surface area contributed by atoms with Crippen LogP contribution >= 0.6 is 0 Å². The number of aliphatic hydroxyl groups is 1. The van der Waals surface area contributed by atoms with Crippen LogP contribution < -0.4 is 0 Å². The van der Waals surface area contributed by atoms with Gasteiger partial charge in [0.1, 0.15) is 18.8 Å². The highest BCUT2D eigenvalue weighted by Gasteiger charge is 2.72. The van der Waals surface area contributed by atoms with E-state index in [1.54, 1.807) is 30.9 Å². The Morgan fingerprint density at radius 1 is 0.719 bits per heavy atom. The first-order valence-corrected chi connectivity index (χ1v) is 23.6. The van der Waals surface area contributed by atoms with Gasteiger partial charge in [-0.25, -0.2) is 4.79 Å². The molecule has 0 spiro atoms. The molecule has 4 fully saturated rings. The van der Waals surface area contributed by atoms with Crippen LogP contribution in [0.1, 0.15) is 113 Å². The van der Waals surface area contributed by atoms with E-state index < -0.39 is 17.1 Å². The van der Waals surface area contributed by atoms with Crippen molar-refractivity contribution in [2.75, 3.05) is 6.61 Å². The normalized spacial score (nSPS) is 30.6. The number of pyridine rings is 4. The molecule has 64 heavy (non-hydrogen) atoms. The third-order valence-corrected chi connectivity index (χ3v) is 16.3. The molecule has 1 N–H and O–H groups in total. The van der Waals surface area contributed by atoms with Crippen LogP contribution in [0.5, 0.6) is 0 Å². The van der Waals surface area contributed by atoms with Crippen molar-refractivity contribution in [2.45, 2.75) is 135 Å². The summed E-state index contributed by atoms with van der Waals surface area (Å²) in [5.41, 5.74) is 6.65. The average Bonchev–Trinajstić information content (AvgIpc) is 3.83. The number of hydrogen-bond acceptors (Lipinski definition) is 11. The molecular formula is C53H62N4O7. The van der Waals surface area contributed by atoms with E-state index in [0.29, 0.717) is 50.9 Å². The van der Waals surface area contributed by atoms with E-state index in [4.69, 9.17) is 14.2 Å². The van der Waals surface area contributed by atoms with Crippen molar-refractivity contribution in [1.29, 1.82) is 0 Å². The lowest BCUT2D eigenvalue weighted by molar-refractivity contribution is -0.251. The lowest BCUT2D eigenvalue weighted by atomic mass is 9.42. The van der Waals surface area contributed by atoms with Gasteiger partial charge in [-0.1, -0.05) is 13.8 Å². The maximum atomic E-state index is 14.0. The third-order valence-electron chi connectivity index (χ3n) is 16.3. The van der Waals surface area contributed by atoms with Crippen molar-refractivity contribution in [1.82, 2.24) is 19.9 Å². The van der Waals surface area contributed by atoms with Crippen LogP contribution in [0.25, 0.3) is 22.8 Å². The smallest absolute Gasteiger partial charge is 0.331 e. The molecule has 1 aliphatic heterocycles. The van der Waals surface area contributed by atoms with Crippen molar-refractivity contribution >= 4 is 17.9 Å². The second-order valence-electron chi connectivity index (χ2n) is 20.0. The molecule has 11 nitrogen and oxygen atoms in total. The van der Waals surface area contributed by atoms with E-state index in [-0.39, 0.29) is 60.2 Å². The van der Waals surface area contributed by atoms with E-state index in [0.717, 1.165) is 89.1 Å². The molecule has 0 radical (unpaired) electrons. The largest absolute Gasteiger partial charge is 0.462 e. The quantitative estimate of drug-likeness (QED) is 0.101. The Hall–Kier alpha value is -5.29. The van der Waals surface area contributed by atoms with E-state index in [2.05, 4.69) is 39.8 Å². The first-order chi connectivity index (χ1) is 30.8. The Kier molecular flexibility index (Phi) is 12.3. The summed E-state index contributed by atoms with van der Waals surface area (Å²) in [5.74, 6) is -0.441. The maximum absolute atomic E-state index is 14.0. The molecule has 0 amide bonds. The number of nitrogens with zero attached hydrogens (tertiary/aromatic N) is 4. The fraction of sp³-hybridized carbons (Fsp3) is 0.528. The van der Waals surface area contributed by atoms with E-state index in [1.807, 2.05) is 56.3 Å². The van der Waals surface area contributed by atoms with Crippen LogP contribution in [0.2, 0.25) is 0 Å². The molecule has 4 aliphatic carbocycles. The van der Waals surface area contributed by atoms with Crippen molar-refractivity contribution in [3.8, 4) is 22.8 Å². The maximum Gasteiger partial charge on any atom is 0.331 e. The van der Waals surface area contributed by atoms with Gasteiger partial charge in [-0.3, -0.25) is 29.5 Å². The number of esters is 3. The lowest BCUT2D eigenvalue weighted by Gasteiger charge is -2.65. The Morgan fingerprint density at radius 3 is 1.88 bits per heavy atom. The highest BCUT2D eigenvalue weighted by Crippen LogP contribution is 2.70. The Labute approximate surface area is 376 Å². The number of carbonyl (C=O) groups excluding carboxylic acids is 3. The molecule has 0 aromatic carbocycles. The summed E-state index contributed by atoms with van der Waals surface area (Å²) in [7, 11) is 0. The van der Waals surface area contributed by atoms with Gasteiger partial charge in [-0.15, -0.1) is 0 Å². The van der Waals surface area contributed by atoms with Gasteiger partial charge in [0.2, 0.25) is 0 Å². The zero-order valence-corrected chi connectivity index (χ0v) is 37.8. The molecule has 4 aromatic heterocycles. The summed E-state index contributed by atoms with van der Waals surface area (Å²) in [4.78, 5) is 57.7. The molecule has 5 heterocycles. The number of aromatic nitrogens is 4. The highest BCUT2D eigenvalue weighted by atomic mass is 16.6. The number of carbonyl (C=O) groups is 3. The average molecular weight is 867 g/mol. The summed E-state index contributed by atoms with van der Waals surface area (Å²) in [6, 6.07) is 16.0. The summed E-state index contributed by atoms with van der Waals surface area (Å²) >= 11 is 0. The minimum atomic E-state index is -1.08. The van der Waals surface area contributed by atoms with Crippen molar-refractivity contribution in [2.24, 2.45) is 34.5 Å². The SMILES string of the molecule is Cc1ccnc(-c2cc(CCCC(=O)OC3CCC4(C)C(CCC5C4CC(OC(=O)CCCc4ccnc(-c6cc(C)ccn6)c4)C4(C)C(C6=CC(=O)OC6)CCC54O)C3)ccn2)c1. The van der Waals surface area contributed by atoms with Crippen LogP contribution in [-0.4, -0.2) is 67.4 Å². The number of hydrogen-bond donors (Lipinski definition) is 1. The van der Waals surface area contributed by atoms with Crippen molar-refractivity contribution in [3.63, 3.8) is 0 Å². The number of fused-ring (bicyclic) bond motifs is 5. The van der Waals surface area contributed by atoms with Crippen LogP contribution in [0, 0.1) is 48.3 Å². The molecule has 9 atom stereocenters.